The Labute approximate surface area is 164 Å². The van der Waals surface area contributed by atoms with E-state index in [-0.39, 0.29) is 11.2 Å². The largest absolute Gasteiger partial charge is 0.347 e. The highest BCUT2D eigenvalue weighted by Gasteiger charge is 2.67. The molecule has 5 rings (SSSR count). The summed E-state index contributed by atoms with van der Waals surface area (Å²) in [6.45, 7) is 8.80. The lowest BCUT2D eigenvalue weighted by molar-refractivity contribution is -0.246. The molecule has 1 heterocycles. The lowest BCUT2D eigenvalue weighted by Gasteiger charge is -2.59. The van der Waals surface area contributed by atoms with Crippen molar-refractivity contribution in [3.63, 3.8) is 0 Å². The molecule has 1 spiro atoms. The molecule has 0 aromatic heterocycles. The molecule has 1 aliphatic heterocycles. The molecule has 0 radical (unpaired) electrons. The van der Waals surface area contributed by atoms with Gasteiger partial charge in [0.2, 0.25) is 0 Å². The number of hydrogen-bond acceptors (Lipinski definition) is 3. The fourth-order valence-corrected chi connectivity index (χ4v) is 8.66. The molecule has 4 aliphatic carbocycles. The summed E-state index contributed by atoms with van der Waals surface area (Å²) in [5.41, 5.74) is 0.567. The van der Waals surface area contributed by atoms with Crippen molar-refractivity contribution in [2.24, 2.45) is 40.4 Å². The van der Waals surface area contributed by atoms with Crippen LogP contribution in [0.5, 0.6) is 0 Å². The summed E-state index contributed by atoms with van der Waals surface area (Å²) in [5, 5.41) is 0. The average molecular weight is 375 g/mol. The van der Waals surface area contributed by atoms with Crippen LogP contribution < -0.4 is 0 Å². The third-order valence-corrected chi connectivity index (χ3v) is 10.3. The topological polar surface area (TPSA) is 35.5 Å². The minimum absolute atomic E-state index is 0.195. The van der Waals surface area contributed by atoms with Crippen LogP contribution in [0.15, 0.2) is 0 Å². The zero-order valence-electron chi connectivity index (χ0n) is 17.6. The number of carbonyl (C=O) groups excluding carboxylic acids is 1. The minimum Gasteiger partial charge on any atom is -0.347 e. The van der Waals surface area contributed by atoms with E-state index in [9.17, 15) is 4.79 Å². The van der Waals surface area contributed by atoms with Crippen molar-refractivity contribution in [1.29, 1.82) is 0 Å². The molecule has 0 aromatic carbocycles. The van der Waals surface area contributed by atoms with E-state index in [2.05, 4.69) is 20.8 Å². The van der Waals surface area contributed by atoms with Gasteiger partial charge in [0.1, 0.15) is 5.78 Å². The summed E-state index contributed by atoms with van der Waals surface area (Å²) in [6, 6.07) is 0. The first-order valence-electron chi connectivity index (χ1n) is 11.7. The third-order valence-electron chi connectivity index (χ3n) is 10.3. The van der Waals surface area contributed by atoms with Crippen molar-refractivity contribution in [3.8, 4) is 0 Å². The molecule has 5 aliphatic rings. The summed E-state index contributed by atoms with van der Waals surface area (Å²) in [6.07, 6.45) is 11.8. The average Bonchev–Trinajstić information content (AvgIpc) is 3.22. The zero-order valence-corrected chi connectivity index (χ0v) is 17.6. The van der Waals surface area contributed by atoms with E-state index in [0.29, 0.717) is 17.1 Å². The van der Waals surface area contributed by atoms with Gasteiger partial charge in [0, 0.05) is 24.2 Å². The number of Topliss-reactive ketones (excluding diaryl/α,β-unsaturated/α-hetero) is 1. The molecular formula is C24H38O3. The molecule has 3 heteroatoms. The van der Waals surface area contributed by atoms with Crippen LogP contribution in [-0.2, 0) is 14.3 Å². The van der Waals surface area contributed by atoms with Crippen molar-refractivity contribution in [3.05, 3.63) is 0 Å². The second-order valence-electron chi connectivity index (χ2n) is 10.9. The van der Waals surface area contributed by atoms with E-state index in [1.807, 2.05) is 0 Å². The predicted octanol–water partition coefficient (Wildman–Crippen LogP) is 5.37. The van der Waals surface area contributed by atoms with Gasteiger partial charge >= 0.3 is 0 Å². The van der Waals surface area contributed by atoms with Crippen molar-refractivity contribution in [1.82, 2.24) is 0 Å². The zero-order chi connectivity index (χ0) is 18.9. The number of rotatable bonds is 1. The maximum atomic E-state index is 12.7. The van der Waals surface area contributed by atoms with E-state index in [4.69, 9.17) is 9.47 Å². The number of ether oxygens (including phenoxy) is 2. The van der Waals surface area contributed by atoms with Crippen LogP contribution in [0.25, 0.3) is 0 Å². The summed E-state index contributed by atoms with van der Waals surface area (Å²) < 4.78 is 12.6. The van der Waals surface area contributed by atoms with Gasteiger partial charge in [-0.05, 0) is 80.5 Å². The minimum atomic E-state index is -0.285. The molecule has 0 N–H and O–H groups in total. The highest BCUT2D eigenvalue weighted by molar-refractivity contribution is 5.81. The van der Waals surface area contributed by atoms with E-state index < -0.39 is 0 Å². The van der Waals surface area contributed by atoms with Gasteiger partial charge < -0.3 is 9.47 Å². The molecule has 0 bridgehead atoms. The first-order chi connectivity index (χ1) is 12.9. The Morgan fingerprint density at radius 3 is 2.44 bits per heavy atom. The third kappa shape index (κ3) is 2.43. The van der Waals surface area contributed by atoms with Crippen LogP contribution in [0.1, 0.15) is 85.0 Å². The van der Waals surface area contributed by atoms with E-state index in [1.165, 1.54) is 32.1 Å². The van der Waals surface area contributed by atoms with E-state index >= 15 is 0 Å². The molecule has 0 amide bonds. The number of carbonyl (C=O) groups is 1. The smallest absolute Gasteiger partial charge is 0.174 e. The lowest BCUT2D eigenvalue weighted by Crippen LogP contribution is -2.55. The summed E-state index contributed by atoms with van der Waals surface area (Å²) >= 11 is 0. The number of hydrogen-bond donors (Lipinski definition) is 0. The summed E-state index contributed by atoms with van der Waals surface area (Å²) in [5.74, 6) is 3.71. The van der Waals surface area contributed by atoms with E-state index in [0.717, 1.165) is 69.0 Å². The normalized spacial score (nSPS) is 51.5. The van der Waals surface area contributed by atoms with Crippen LogP contribution in [0.2, 0.25) is 0 Å². The summed E-state index contributed by atoms with van der Waals surface area (Å²) in [4.78, 5) is 12.7. The Morgan fingerprint density at radius 2 is 1.70 bits per heavy atom. The molecule has 0 aromatic rings. The van der Waals surface area contributed by atoms with Gasteiger partial charge in [-0.1, -0.05) is 20.8 Å². The molecule has 3 nitrogen and oxygen atoms in total. The number of fused-ring (bicyclic) bond motifs is 6. The van der Waals surface area contributed by atoms with Gasteiger partial charge in [0.15, 0.2) is 5.79 Å². The Morgan fingerprint density at radius 1 is 0.963 bits per heavy atom. The van der Waals surface area contributed by atoms with E-state index in [1.54, 1.807) is 0 Å². The van der Waals surface area contributed by atoms with Crippen molar-refractivity contribution in [2.75, 3.05) is 13.2 Å². The molecular weight excluding hydrogens is 336 g/mol. The molecule has 27 heavy (non-hydrogen) atoms. The maximum Gasteiger partial charge on any atom is 0.174 e. The Balaban J connectivity index is 1.44. The van der Waals surface area contributed by atoms with Crippen LogP contribution in [0.3, 0.4) is 0 Å². The van der Waals surface area contributed by atoms with Gasteiger partial charge in [-0.25, -0.2) is 0 Å². The van der Waals surface area contributed by atoms with Crippen LogP contribution in [0, 0.1) is 40.4 Å². The SMILES string of the molecule is CCC1C[C@@H]2CC[C@@H]3[C@H](CC[C@@]4(C)[C@H]3CCC43OCCO3)[C@@]2(C)CCC1=O. The second-order valence-corrected chi connectivity index (χ2v) is 10.9. The van der Waals surface area contributed by atoms with Gasteiger partial charge in [-0.15, -0.1) is 0 Å². The quantitative estimate of drug-likeness (QED) is 0.619. The van der Waals surface area contributed by atoms with Gasteiger partial charge in [-0.3, -0.25) is 4.79 Å². The lowest BCUT2D eigenvalue weighted by atomic mass is 9.46. The predicted molar refractivity (Wildman–Crippen MR) is 105 cm³/mol. The Bertz CT molecular complexity index is 609. The van der Waals surface area contributed by atoms with Crippen molar-refractivity contribution in [2.45, 2.75) is 90.8 Å². The Hall–Kier alpha value is -0.410. The summed E-state index contributed by atoms with van der Waals surface area (Å²) in [7, 11) is 0. The maximum absolute atomic E-state index is 12.7. The number of ketones is 1. The van der Waals surface area contributed by atoms with Crippen LogP contribution in [0.4, 0.5) is 0 Å². The first-order valence-corrected chi connectivity index (χ1v) is 11.7. The van der Waals surface area contributed by atoms with Gasteiger partial charge in [-0.2, -0.15) is 0 Å². The molecule has 1 unspecified atom stereocenters. The monoisotopic (exact) mass is 374 g/mol. The fourth-order valence-electron chi connectivity index (χ4n) is 8.66. The highest BCUT2D eigenvalue weighted by Crippen LogP contribution is 2.69. The van der Waals surface area contributed by atoms with Gasteiger partial charge in [0.25, 0.3) is 0 Å². The Kier molecular flexibility index (Phi) is 4.34. The molecule has 1 saturated heterocycles. The van der Waals surface area contributed by atoms with Crippen molar-refractivity contribution < 1.29 is 14.3 Å². The first kappa shape index (κ1) is 18.6. The fraction of sp³-hybridized carbons (Fsp3) is 0.958. The molecule has 152 valence electrons. The molecule has 7 atom stereocenters. The van der Waals surface area contributed by atoms with Crippen molar-refractivity contribution >= 4 is 5.78 Å². The van der Waals surface area contributed by atoms with Crippen LogP contribution in [-0.4, -0.2) is 24.8 Å². The second kappa shape index (κ2) is 6.29. The van der Waals surface area contributed by atoms with Gasteiger partial charge in [0.05, 0.1) is 13.2 Å². The standard InChI is InChI=1S/C24H38O3/c1-4-16-15-17-5-6-18-19(22(17,2)10-9-21(16)25)7-11-23(3)20(18)8-12-24(23)26-13-14-27-24/h16-20H,4-15H2,1-3H3/t16?,17-,18+,19-,20-,22-,23-/m0/s1. The molecule has 4 saturated carbocycles. The highest BCUT2D eigenvalue weighted by atomic mass is 16.7. The molecule has 5 fully saturated rings. The van der Waals surface area contributed by atoms with Crippen LogP contribution >= 0.6 is 0 Å².